The molecule has 0 N–H and O–H groups in total. The Balaban J connectivity index is 1.54. The monoisotopic (exact) mass is 334 g/mol. The minimum absolute atomic E-state index is 0.0405. The van der Waals surface area contributed by atoms with Crippen LogP contribution in [0, 0.1) is 23.7 Å². The molecule has 2 bridgehead atoms. The maximum Gasteiger partial charge on any atom is 0.333 e. The number of esters is 3. The van der Waals surface area contributed by atoms with Gasteiger partial charge >= 0.3 is 17.9 Å². The molecule has 0 amide bonds. The molecule has 6 atom stereocenters. The molecule has 6 nitrogen and oxygen atoms in total. The molecular weight excluding hydrogens is 312 g/mol. The summed E-state index contributed by atoms with van der Waals surface area (Å²) in [5.41, 5.74) is 0.295. The third-order valence-electron chi connectivity index (χ3n) is 5.99. The summed E-state index contributed by atoms with van der Waals surface area (Å²) in [4.78, 5) is 36.8. The van der Waals surface area contributed by atoms with Crippen molar-refractivity contribution in [2.24, 2.45) is 23.7 Å². The van der Waals surface area contributed by atoms with Gasteiger partial charge < -0.3 is 14.2 Å². The molecule has 6 heteroatoms. The highest BCUT2D eigenvalue weighted by atomic mass is 16.6. The first-order valence-electron chi connectivity index (χ1n) is 8.75. The fourth-order valence-corrected chi connectivity index (χ4v) is 4.94. The quantitative estimate of drug-likeness (QED) is 0.443. The SMILES string of the molecule is C=C(C)C(=O)OC1C2CC3C1OC(=O)C3C2C(=O)OC1CCCC1. The van der Waals surface area contributed by atoms with Crippen LogP contribution in [0.3, 0.4) is 0 Å². The van der Waals surface area contributed by atoms with Crippen molar-refractivity contribution in [2.45, 2.75) is 57.3 Å². The number of carbonyl (C=O) groups excluding carboxylic acids is 3. The van der Waals surface area contributed by atoms with Crippen molar-refractivity contribution in [1.82, 2.24) is 0 Å². The lowest BCUT2D eigenvalue weighted by Gasteiger charge is -2.30. The summed E-state index contributed by atoms with van der Waals surface area (Å²) >= 11 is 0. The Bertz CT molecular complexity index is 605. The van der Waals surface area contributed by atoms with Crippen molar-refractivity contribution in [3.05, 3.63) is 12.2 Å². The molecule has 4 fully saturated rings. The fourth-order valence-electron chi connectivity index (χ4n) is 4.94. The smallest absolute Gasteiger partial charge is 0.333 e. The van der Waals surface area contributed by atoms with Crippen molar-refractivity contribution >= 4 is 17.9 Å². The van der Waals surface area contributed by atoms with Crippen molar-refractivity contribution in [2.75, 3.05) is 0 Å². The summed E-state index contributed by atoms with van der Waals surface area (Å²) < 4.78 is 16.6. The van der Waals surface area contributed by atoms with Gasteiger partial charge in [-0.3, -0.25) is 9.59 Å². The number of rotatable bonds is 4. The zero-order valence-electron chi connectivity index (χ0n) is 13.7. The van der Waals surface area contributed by atoms with Gasteiger partial charge in [0.05, 0.1) is 11.8 Å². The van der Waals surface area contributed by atoms with Gasteiger partial charge in [0.25, 0.3) is 0 Å². The normalized spacial score (nSPS) is 39.8. The Morgan fingerprint density at radius 1 is 1.17 bits per heavy atom. The molecule has 0 aromatic carbocycles. The van der Waals surface area contributed by atoms with Crippen LogP contribution in [0.25, 0.3) is 0 Å². The second kappa shape index (κ2) is 5.60. The molecule has 1 saturated heterocycles. The third kappa shape index (κ3) is 2.26. The van der Waals surface area contributed by atoms with Gasteiger partial charge in [0.2, 0.25) is 0 Å². The van der Waals surface area contributed by atoms with Crippen molar-refractivity contribution < 1.29 is 28.6 Å². The maximum atomic E-state index is 12.7. The topological polar surface area (TPSA) is 78.9 Å². The van der Waals surface area contributed by atoms with E-state index >= 15 is 0 Å². The molecule has 0 aromatic heterocycles. The highest BCUT2D eigenvalue weighted by molar-refractivity contribution is 5.88. The van der Waals surface area contributed by atoms with Crippen LogP contribution >= 0.6 is 0 Å². The minimum atomic E-state index is -0.567. The summed E-state index contributed by atoms with van der Waals surface area (Å²) in [6, 6.07) is 0. The van der Waals surface area contributed by atoms with E-state index in [1.807, 2.05) is 0 Å². The van der Waals surface area contributed by atoms with Gasteiger partial charge in [-0.05, 0) is 39.0 Å². The number of fused-ring (bicyclic) bond motifs is 1. The fraction of sp³-hybridized carbons (Fsp3) is 0.722. The van der Waals surface area contributed by atoms with Crippen LogP contribution in [-0.2, 0) is 28.6 Å². The van der Waals surface area contributed by atoms with Gasteiger partial charge in [-0.25, -0.2) is 4.79 Å². The molecule has 1 heterocycles. The van der Waals surface area contributed by atoms with Crippen LogP contribution in [0.15, 0.2) is 12.2 Å². The van der Waals surface area contributed by atoms with Gasteiger partial charge in [0.15, 0.2) is 0 Å². The van der Waals surface area contributed by atoms with Gasteiger partial charge in [-0.2, -0.15) is 0 Å². The van der Waals surface area contributed by atoms with E-state index < -0.39 is 30.0 Å². The van der Waals surface area contributed by atoms with E-state index in [-0.39, 0.29) is 29.9 Å². The molecule has 3 aliphatic carbocycles. The molecule has 1 aliphatic heterocycles. The predicted molar refractivity (Wildman–Crippen MR) is 81.5 cm³/mol. The lowest BCUT2D eigenvalue weighted by molar-refractivity contribution is -0.165. The number of ether oxygens (including phenoxy) is 3. The highest BCUT2D eigenvalue weighted by Crippen LogP contribution is 2.59. The molecular formula is C18H22O6. The first-order chi connectivity index (χ1) is 11.5. The van der Waals surface area contributed by atoms with Crippen LogP contribution in [0.1, 0.15) is 39.0 Å². The van der Waals surface area contributed by atoms with Crippen LogP contribution in [0.5, 0.6) is 0 Å². The predicted octanol–water partition coefficient (Wildman–Crippen LogP) is 1.77. The first kappa shape index (κ1) is 15.7. The highest BCUT2D eigenvalue weighted by Gasteiger charge is 2.70. The molecule has 3 saturated carbocycles. The third-order valence-corrected chi connectivity index (χ3v) is 5.99. The molecule has 4 rings (SSSR count). The van der Waals surface area contributed by atoms with Gasteiger partial charge in [0, 0.05) is 17.4 Å². The second-order valence-corrected chi connectivity index (χ2v) is 7.51. The van der Waals surface area contributed by atoms with Gasteiger partial charge in [0.1, 0.15) is 18.3 Å². The second-order valence-electron chi connectivity index (χ2n) is 7.51. The molecule has 130 valence electrons. The van der Waals surface area contributed by atoms with Crippen molar-refractivity contribution in [3.63, 3.8) is 0 Å². The lowest BCUT2D eigenvalue weighted by Crippen LogP contribution is -2.44. The lowest BCUT2D eigenvalue weighted by atomic mass is 9.78. The van der Waals surface area contributed by atoms with Crippen LogP contribution < -0.4 is 0 Å². The first-order valence-corrected chi connectivity index (χ1v) is 8.75. The van der Waals surface area contributed by atoms with Crippen molar-refractivity contribution in [1.29, 1.82) is 0 Å². The van der Waals surface area contributed by atoms with Crippen LogP contribution in [0.4, 0.5) is 0 Å². The largest absolute Gasteiger partial charge is 0.462 e. The molecule has 0 aromatic rings. The van der Waals surface area contributed by atoms with Gasteiger partial charge in [-0.1, -0.05) is 6.58 Å². The Labute approximate surface area is 140 Å². The number of hydrogen-bond donors (Lipinski definition) is 0. The standard InChI is InChI=1S/C18H22O6/c1-8(2)16(19)23-14-10-7-11-13(18(21)24-15(11)14)12(10)17(20)22-9-5-3-4-6-9/h9-15H,1,3-7H2,2H3. The Morgan fingerprint density at radius 2 is 1.88 bits per heavy atom. The Morgan fingerprint density at radius 3 is 2.54 bits per heavy atom. The van der Waals surface area contributed by atoms with E-state index in [1.165, 1.54) is 0 Å². The van der Waals surface area contributed by atoms with E-state index in [2.05, 4.69) is 6.58 Å². The molecule has 6 unspecified atom stereocenters. The average Bonchev–Trinajstić information content (AvgIpc) is 3.25. The van der Waals surface area contributed by atoms with Gasteiger partial charge in [-0.15, -0.1) is 0 Å². The van der Waals surface area contributed by atoms with E-state index in [4.69, 9.17) is 14.2 Å². The average molecular weight is 334 g/mol. The van der Waals surface area contributed by atoms with E-state index in [0.29, 0.717) is 12.0 Å². The van der Waals surface area contributed by atoms with E-state index in [1.54, 1.807) is 6.92 Å². The molecule has 24 heavy (non-hydrogen) atoms. The van der Waals surface area contributed by atoms with Crippen molar-refractivity contribution in [3.8, 4) is 0 Å². The number of hydrogen-bond acceptors (Lipinski definition) is 6. The van der Waals surface area contributed by atoms with Crippen LogP contribution in [-0.4, -0.2) is 36.2 Å². The zero-order valence-corrected chi connectivity index (χ0v) is 13.7. The summed E-state index contributed by atoms with van der Waals surface area (Å²) in [6.45, 7) is 5.16. The summed E-state index contributed by atoms with van der Waals surface area (Å²) in [6.07, 6.45) is 3.55. The summed E-state index contributed by atoms with van der Waals surface area (Å²) in [5.74, 6) is -2.42. The minimum Gasteiger partial charge on any atom is -0.462 e. The van der Waals surface area contributed by atoms with E-state index in [9.17, 15) is 14.4 Å². The van der Waals surface area contributed by atoms with Crippen LogP contribution in [0.2, 0.25) is 0 Å². The number of carbonyl (C=O) groups is 3. The Hall–Kier alpha value is -1.85. The van der Waals surface area contributed by atoms with E-state index in [0.717, 1.165) is 25.7 Å². The maximum absolute atomic E-state index is 12.7. The molecule has 0 spiro atoms. The summed E-state index contributed by atoms with van der Waals surface area (Å²) in [5, 5.41) is 0. The summed E-state index contributed by atoms with van der Waals surface area (Å²) in [7, 11) is 0. The Kier molecular flexibility index (Phi) is 3.66. The molecule has 0 radical (unpaired) electrons. The molecule has 4 aliphatic rings. The zero-order chi connectivity index (χ0) is 17.0.